The topological polar surface area (TPSA) is 79.3 Å². The molecule has 34 heavy (non-hydrogen) atoms. The van der Waals surface area contributed by atoms with Gasteiger partial charge < -0.3 is 14.8 Å². The van der Waals surface area contributed by atoms with Crippen molar-refractivity contribution in [1.29, 1.82) is 0 Å². The first kappa shape index (κ1) is 22.9. The van der Waals surface area contributed by atoms with Gasteiger partial charge >= 0.3 is 0 Å². The van der Waals surface area contributed by atoms with Crippen molar-refractivity contribution >= 4 is 38.7 Å². The van der Waals surface area contributed by atoms with Crippen LogP contribution < -0.4 is 14.9 Å². The second-order valence-electron chi connectivity index (χ2n) is 9.20. The van der Waals surface area contributed by atoms with Crippen molar-refractivity contribution in [1.82, 2.24) is 14.9 Å². The molecule has 1 aromatic carbocycles. The lowest BCUT2D eigenvalue weighted by molar-refractivity contribution is 0.515. The van der Waals surface area contributed by atoms with E-state index in [0.717, 1.165) is 23.2 Å². The van der Waals surface area contributed by atoms with Crippen LogP contribution in [0, 0.1) is 6.92 Å². The summed E-state index contributed by atoms with van der Waals surface area (Å²) >= 11 is 5.82. The van der Waals surface area contributed by atoms with Crippen LogP contribution in [0.5, 0.6) is 0 Å². The summed E-state index contributed by atoms with van der Waals surface area (Å²) in [6.07, 6.45) is 12.4. The molecule has 3 aromatic rings. The molecule has 0 radical (unpaired) electrons. The van der Waals surface area contributed by atoms with Crippen molar-refractivity contribution in [2.75, 3.05) is 15.9 Å². The number of nitrogens with one attached hydrogen (secondary N) is 2. The standard InChI is InChI=1S/C25H29N5O2S2/c1-17-15-20(10-11-21(17)28-34(2,31)32)30-24(18-12-14-29(16-18)19-7-3-4-8-19)23(27-25(30)33)22-9-5-6-13-26-22/h5-6,9-16,19,23-24,28H,3-4,7-8H2,1-2H3,(H,27,33). The molecule has 7 nitrogen and oxygen atoms in total. The Kier molecular flexibility index (Phi) is 6.07. The molecule has 1 aliphatic heterocycles. The number of sulfonamides is 1. The Bertz CT molecular complexity index is 1300. The quantitative estimate of drug-likeness (QED) is 0.476. The van der Waals surface area contributed by atoms with E-state index in [2.05, 4.69) is 42.9 Å². The van der Waals surface area contributed by atoms with E-state index in [1.54, 1.807) is 12.3 Å². The van der Waals surface area contributed by atoms with Crippen molar-refractivity contribution in [2.24, 2.45) is 0 Å². The molecule has 0 bridgehead atoms. The van der Waals surface area contributed by atoms with Gasteiger partial charge in [0.25, 0.3) is 0 Å². The maximum atomic E-state index is 11.7. The second kappa shape index (κ2) is 9.03. The van der Waals surface area contributed by atoms with Crippen LogP contribution in [0.25, 0.3) is 0 Å². The van der Waals surface area contributed by atoms with E-state index in [0.29, 0.717) is 16.8 Å². The van der Waals surface area contributed by atoms with E-state index in [1.807, 2.05) is 37.3 Å². The number of aryl methyl sites for hydroxylation is 1. The fourth-order valence-electron chi connectivity index (χ4n) is 5.12. The zero-order chi connectivity index (χ0) is 23.9. The van der Waals surface area contributed by atoms with Gasteiger partial charge in [-0.1, -0.05) is 18.9 Å². The molecular weight excluding hydrogens is 466 g/mol. The number of rotatable bonds is 6. The molecule has 2 atom stereocenters. The molecule has 2 fully saturated rings. The van der Waals surface area contributed by atoms with Crippen molar-refractivity contribution in [3.05, 3.63) is 77.9 Å². The van der Waals surface area contributed by atoms with Gasteiger partial charge in [-0.2, -0.15) is 0 Å². The Morgan fingerprint density at radius 1 is 1.15 bits per heavy atom. The Morgan fingerprint density at radius 3 is 2.62 bits per heavy atom. The molecule has 3 heterocycles. The van der Waals surface area contributed by atoms with E-state index >= 15 is 0 Å². The third kappa shape index (κ3) is 4.54. The predicted octanol–water partition coefficient (Wildman–Crippen LogP) is 4.86. The normalized spacial score (nSPS) is 21.1. The molecule has 2 aliphatic rings. The minimum Gasteiger partial charge on any atom is -0.351 e. The van der Waals surface area contributed by atoms with E-state index in [-0.39, 0.29) is 12.1 Å². The molecule has 1 saturated heterocycles. The number of thiocarbonyl (C=S) groups is 1. The Morgan fingerprint density at radius 2 is 1.94 bits per heavy atom. The Labute approximate surface area is 206 Å². The van der Waals surface area contributed by atoms with Gasteiger partial charge in [-0.25, -0.2) is 8.42 Å². The number of hydrogen-bond acceptors (Lipinski definition) is 4. The first-order chi connectivity index (χ1) is 16.3. The number of aromatic nitrogens is 2. The Balaban J connectivity index is 1.55. The van der Waals surface area contributed by atoms with Gasteiger partial charge in [0.05, 0.1) is 29.7 Å². The summed E-state index contributed by atoms with van der Waals surface area (Å²) in [7, 11) is -3.36. The average molecular weight is 496 g/mol. The third-order valence-electron chi connectivity index (χ3n) is 6.71. The summed E-state index contributed by atoms with van der Waals surface area (Å²) in [6.45, 7) is 1.89. The van der Waals surface area contributed by atoms with Crippen LogP contribution in [0.1, 0.15) is 60.6 Å². The largest absolute Gasteiger partial charge is 0.351 e. The summed E-state index contributed by atoms with van der Waals surface area (Å²) in [5.74, 6) is 0. The third-order valence-corrected chi connectivity index (χ3v) is 7.61. The minimum atomic E-state index is -3.36. The van der Waals surface area contributed by atoms with Crippen molar-refractivity contribution in [3.63, 3.8) is 0 Å². The predicted molar refractivity (Wildman–Crippen MR) is 140 cm³/mol. The average Bonchev–Trinajstić information content (AvgIpc) is 3.54. The van der Waals surface area contributed by atoms with Crippen LogP contribution in [0.4, 0.5) is 11.4 Å². The number of nitrogens with zero attached hydrogens (tertiary/aromatic N) is 3. The van der Waals surface area contributed by atoms with Gasteiger partial charge in [-0.3, -0.25) is 9.71 Å². The van der Waals surface area contributed by atoms with Crippen LogP contribution in [-0.2, 0) is 10.0 Å². The SMILES string of the molecule is Cc1cc(N2C(=S)NC(c3ccccn3)C2c2ccn(C3CCCC3)c2)ccc1NS(C)(=O)=O. The molecule has 5 rings (SSSR count). The zero-order valence-electron chi connectivity index (χ0n) is 19.3. The van der Waals surface area contributed by atoms with Crippen LogP contribution in [0.15, 0.2) is 61.1 Å². The molecule has 9 heteroatoms. The summed E-state index contributed by atoms with van der Waals surface area (Å²) in [6, 6.07) is 14.2. The van der Waals surface area contributed by atoms with Crippen molar-refractivity contribution in [3.8, 4) is 0 Å². The lowest BCUT2D eigenvalue weighted by Crippen LogP contribution is -2.29. The molecule has 178 valence electrons. The van der Waals surface area contributed by atoms with Crippen LogP contribution in [-0.4, -0.2) is 29.3 Å². The Hall–Kier alpha value is -2.91. The number of anilines is 2. The van der Waals surface area contributed by atoms with E-state index in [1.165, 1.54) is 31.2 Å². The first-order valence-electron chi connectivity index (χ1n) is 11.6. The lowest BCUT2D eigenvalue weighted by atomic mass is 9.98. The molecule has 0 spiro atoms. The molecule has 1 saturated carbocycles. The van der Waals surface area contributed by atoms with Crippen molar-refractivity contribution < 1.29 is 8.42 Å². The molecule has 1 aliphatic carbocycles. The van der Waals surface area contributed by atoms with E-state index in [9.17, 15) is 8.42 Å². The monoisotopic (exact) mass is 495 g/mol. The number of pyridine rings is 1. The fourth-order valence-corrected chi connectivity index (χ4v) is 6.09. The van der Waals surface area contributed by atoms with Gasteiger partial charge in [0.2, 0.25) is 10.0 Å². The molecular formula is C25H29N5O2S2. The van der Waals surface area contributed by atoms with Crippen molar-refractivity contribution in [2.45, 2.75) is 50.7 Å². The zero-order valence-corrected chi connectivity index (χ0v) is 20.9. The van der Waals surface area contributed by atoms with Crippen LogP contribution >= 0.6 is 12.2 Å². The highest BCUT2D eigenvalue weighted by atomic mass is 32.2. The number of hydrogen-bond donors (Lipinski definition) is 2. The fraction of sp³-hybridized carbons (Fsp3) is 0.360. The van der Waals surface area contributed by atoms with Gasteiger partial charge in [-0.05, 0) is 79.5 Å². The highest BCUT2D eigenvalue weighted by Gasteiger charge is 2.41. The highest BCUT2D eigenvalue weighted by molar-refractivity contribution is 7.92. The number of benzene rings is 1. The van der Waals surface area contributed by atoms with E-state index < -0.39 is 10.0 Å². The van der Waals surface area contributed by atoms with Gasteiger partial charge in [0, 0.05) is 30.3 Å². The van der Waals surface area contributed by atoms with Crippen LogP contribution in [0.2, 0.25) is 0 Å². The second-order valence-corrected chi connectivity index (χ2v) is 11.3. The smallest absolute Gasteiger partial charge is 0.229 e. The molecule has 0 amide bonds. The van der Waals surface area contributed by atoms with E-state index in [4.69, 9.17) is 12.2 Å². The maximum absolute atomic E-state index is 11.7. The summed E-state index contributed by atoms with van der Waals surface area (Å²) in [5, 5.41) is 4.12. The molecule has 2 unspecified atom stereocenters. The summed E-state index contributed by atoms with van der Waals surface area (Å²) in [5.41, 5.74) is 4.40. The maximum Gasteiger partial charge on any atom is 0.229 e. The molecule has 2 N–H and O–H groups in total. The summed E-state index contributed by atoms with van der Waals surface area (Å²) < 4.78 is 28.4. The van der Waals surface area contributed by atoms with Gasteiger partial charge in [-0.15, -0.1) is 0 Å². The molecule has 2 aromatic heterocycles. The highest BCUT2D eigenvalue weighted by Crippen LogP contribution is 2.43. The first-order valence-corrected chi connectivity index (χ1v) is 13.9. The summed E-state index contributed by atoms with van der Waals surface area (Å²) in [4.78, 5) is 6.75. The van der Waals surface area contributed by atoms with Gasteiger partial charge in [0.15, 0.2) is 5.11 Å². The minimum absolute atomic E-state index is 0.0850. The van der Waals surface area contributed by atoms with Gasteiger partial charge in [0.1, 0.15) is 0 Å². The lowest BCUT2D eigenvalue weighted by Gasteiger charge is -2.28. The van der Waals surface area contributed by atoms with Crippen LogP contribution in [0.3, 0.4) is 0 Å².